The number of fused-ring (bicyclic) bond motifs is 4. The zero-order valence-corrected chi connectivity index (χ0v) is 17.4. The molecule has 0 unspecified atom stereocenters. The Morgan fingerprint density at radius 3 is 2.00 bits per heavy atom. The quantitative estimate of drug-likeness (QED) is 0.291. The lowest BCUT2D eigenvalue weighted by Crippen LogP contribution is -1.87. The van der Waals surface area contributed by atoms with Gasteiger partial charge in [-0.2, -0.15) is 5.26 Å². The third-order valence-electron chi connectivity index (χ3n) is 5.72. The van der Waals surface area contributed by atoms with Gasteiger partial charge in [-0.15, -0.1) is 11.3 Å². The molecule has 0 N–H and O–H groups in total. The van der Waals surface area contributed by atoms with E-state index in [0.717, 1.165) is 22.2 Å². The summed E-state index contributed by atoms with van der Waals surface area (Å²) in [6.07, 6.45) is 0. The van der Waals surface area contributed by atoms with Crippen LogP contribution in [0.1, 0.15) is 5.56 Å². The van der Waals surface area contributed by atoms with Crippen LogP contribution in [0.4, 0.5) is 0 Å². The number of nitriles is 1. The van der Waals surface area contributed by atoms with E-state index in [1.165, 1.54) is 31.3 Å². The Balaban J connectivity index is 1.58. The van der Waals surface area contributed by atoms with Crippen molar-refractivity contribution in [3.63, 3.8) is 0 Å². The van der Waals surface area contributed by atoms with Crippen molar-refractivity contribution in [1.29, 1.82) is 5.26 Å². The molecule has 0 aliphatic heterocycles. The number of hydrogen-bond acceptors (Lipinski definition) is 3. The molecule has 3 heteroatoms. The van der Waals surface area contributed by atoms with E-state index in [2.05, 4.69) is 72.8 Å². The molecule has 0 spiro atoms. The topological polar surface area (TPSA) is 36.7 Å². The average molecular weight is 413 g/mol. The number of para-hydroxylation sites is 1. The zero-order valence-electron chi connectivity index (χ0n) is 16.5. The Kier molecular flexibility index (Phi) is 4.06. The van der Waals surface area contributed by atoms with Crippen molar-refractivity contribution < 1.29 is 0 Å². The Morgan fingerprint density at radius 1 is 0.645 bits per heavy atom. The van der Waals surface area contributed by atoms with Crippen molar-refractivity contribution in [3.8, 4) is 28.3 Å². The summed E-state index contributed by atoms with van der Waals surface area (Å²) in [7, 11) is 0. The van der Waals surface area contributed by atoms with Crippen molar-refractivity contribution in [3.05, 3.63) is 103 Å². The Morgan fingerprint density at radius 2 is 1.26 bits per heavy atom. The predicted molar refractivity (Wildman–Crippen MR) is 130 cm³/mol. The number of pyridine rings is 1. The minimum absolute atomic E-state index is 0.677. The summed E-state index contributed by atoms with van der Waals surface area (Å²) in [5, 5.41) is 11.4. The maximum Gasteiger partial charge on any atom is 0.0991 e. The fourth-order valence-corrected chi connectivity index (χ4v) is 5.41. The molecule has 0 saturated heterocycles. The fourth-order valence-electron chi connectivity index (χ4n) is 4.19. The lowest BCUT2D eigenvalue weighted by molar-refractivity contribution is 1.48. The molecule has 0 bridgehead atoms. The molecule has 0 saturated carbocycles. The van der Waals surface area contributed by atoms with E-state index >= 15 is 0 Å². The average Bonchev–Trinajstić information content (AvgIpc) is 3.21. The summed E-state index contributed by atoms with van der Waals surface area (Å²) in [5.74, 6) is 0. The molecule has 144 valence electrons. The first kappa shape index (κ1) is 17.8. The highest BCUT2D eigenvalue weighted by Gasteiger charge is 2.15. The van der Waals surface area contributed by atoms with Crippen LogP contribution in [0.25, 0.3) is 53.5 Å². The highest BCUT2D eigenvalue weighted by atomic mass is 32.1. The summed E-state index contributed by atoms with van der Waals surface area (Å²) >= 11 is 1.81. The minimum atomic E-state index is 0.677. The molecule has 4 aromatic carbocycles. The van der Waals surface area contributed by atoms with Crippen molar-refractivity contribution >= 4 is 42.5 Å². The SMILES string of the molecule is N#Cc1ccc(-c2ccc(-c3c4ccccc4nc4c3sc3ccccc34)cc2)cc1. The van der Waals surface area contributed by atoms with Gasteiger partial charge in [-0.3, -0.25) is 0 Å². The van der Waals surface area contributed by atoms with Gasteiger partial charge in [0, 0.05) is 21.0 Å². The van der Waals surface area contributed by atoms with E-state index in [1.54, 1.807) is 0 Å². The molecule has 0 fully saturated rings. The molecule has 0 aliphatic rings. The number of benzene rings is 4. The molecule has 2 aromatic heterocycles. The minimum Gasteiger partial charge on any atom is -0.246 e. The van der Waals surface area contributed by atoms with Gasteiger partial charge in [0.25, 0.3) is 0 Å². The van der Waals surface area contributed by atoms with E-state index in [-0.39, 0.29) is 0 Å². The van der Waals surface area contributed by atoms with Crippen molar-refractivity contribution in [2.45, 2.75) is 0 Å². The number of thiophene rings is 1. The van der Waals surface area contributed by atoms with Gasteiger partial charge in [-0.05, 0) is 41.0 Å². The molecule has 31 heavy (non-hydrogen) atoms. The highest BCUT2D eigenvalue weighted by Crippen LogP contribution is 2.42. The Bertz CT molecular complexity index is 1620. The van der Waals surface area contributed by atoms with Crippen LogP contribution < -0.4 is 0 Å². The summed E-state index contributed by atoms with van der Waals surface area (Å²) in [6, 6.07) is 35.5. The fraction of sp³-hybridized carbons (Fsp3) is 0. The molecule has 2 nitrogen and oxygen atoms in total. The van der Waals surface area contributed by atoms with E-state index in [9.17, 15) is 0 Å². The first-order valence-corrected chi connectivity index (χ1v) is 10.9. The van der Waals surface area contributed by atoms with Crippen LogP contribution >= 0.6 is 11.3 Å². The van der Waals surface area contributed by atoms with Crippen LogP contribution in [0.3, 0.4) is 0 Å². The van der Waals surface area contributed by atoms with Gasteiger partial charge in [0.2, 0.25) is 0 Å². The summed E-state index contributed by atoms with van der Waals surface area (Å²) in [6.45, 7) is 0. The molecule has 0 aliphatic carbocycles. The van der Waals surface area contributed by atoms with Crippen LogP contribution in [0.2, 0.25) is 0 Å². The van der Waals surface area contributed by atoms with Gasteiger partial charge >= 0.3 is 0 Å². The van der Waals surface area contributed by atoms with Gasteiger partial charge in [0.1, 0.15) is 0 Å². The lowest BCUT2D eigenvalue weighted by atomic mass is 9.97. The maximum absolute atomic E-state index is 9.03. The monoisotopic (exact) mass is 412 g/mol. The number of rotatable bonds is 2. The van der Waals surface area contributed by atoms with Crippen LogP contribution in [0.5, 0.6) is 0 Å². The van der Waals surface area contributed by atoms with E-state index in [1.807, 2.05) is 41.7 Å². The number of aromatic nitrogens is 1. The standard InChI is InChI=1S/C28H16N2S/c29-17-18-9-11-19(12-10-18)20-13-15-21(16-14-20)26-22-5-1-3-7-24(22)30-27-23-6-2-4-8-25(23)31-28(26)27/h1-16H. The highest BCUT2D eigenvalue weighted by molar-refractivity contribution is 7.26. The van der Waals surface area contributed by atoms with Crippen molar-refractivity contribution in [1.82, 2.24) is 4.98 Å². The molecular weight excluding hydrogens is 396 g/mol. The number of hydrogen-bond donors (Lipinski definition) is 0. The molecule has 6 aromatic rings. The molecular formula is C28H16N2S. The molecule has 6 rings (SSSR count). The van der Waals surface area contributed by atoms with Gasteiger partial charge in [-0.25, -0.2) is 4.98 Å². The Hall–Kier alpha value is -4.00. The van der Waals surface area contributed by atoms with Crippen LogP contribution in [-0.4, -0.2) is 4.98 Å². The lowest BCUT2D eigenvalue weighted by Gasteiger charge is -2.10. The van der Waals surface area contributed by atoms with E-state index in [0.29, 0.717) is 5.56 Å². The second kappa shape index (κ2) is 7.05. The molecule has 2 heterocycles. The summed E-state index contributed by atoms with van der Waals surface area (Å²) in [5.41, 5.74) is 7.45. The van der Waals surface area contributed by atoms with Crippen LogP contribution in [0, 0.1) is 11.3 Å². The molecule has 0 atom stereocenters. The van der Waals surface area contributed by atoms with Gasteiger partial charge in [0.05, 0.1) is 27.4 Å². The second-order valence-corrected chi connectivity index (χ2v) is 8.60. The second-order valence-electron chi connectivity index (χ2n) is 7.55. The largest absolute Gasteiger partial charge is 0.246 e. The molecule has 0 radical (unpaired) electrons. The van der Waals surface area contributed by atoms with E-state index < -0.39 is 0 Å². The molecule has 0 amide bonds. The van der Waals surface area contributed by atoms with Gasteiger partial charge in [-0.1, -0.05) is 72.8 Å². The summed E-state index contributed by atoms with van der Waals surface area (Å²) < 4.78 is 2.49. The maximum atomic E-state index is 9.03. The van der Waals surface area contributed by atoms with E-state index in [4.69, 9.17) is 10.2 Å². The smallest absolute Gasteiger partial charge is 0.0991 e. The van der Waals surface area contributed by atoms with Gasteiger partial charge < -0.3 is 0 Å². The summed E-state index contributed by atoms with van der Waals surface area (Å²) in [4.78, 5) is 5.02. The third kappa shape index (κ3) is 2.89. The van der Waals surface area contributed by atoms with Gasteiger partial charge in [0.15, 0.2) is 0 Å². The van der Waals surface area contributed by atoms with Crippen molar-refractivity contribution in [2.75, 3.05) is 0 Å². The first-order valence-electron chi connectivity index (χ1n) is 10.1. The zero-order chi connectivity index (χ0) is 20.8. The number of nitrogens with zero attached hydrogens (tertiary/aromatic N) is 2. The first-order chi connectivity index (χ1) is 15.3. The normalized spacial score (nSPS) is 11.2. The Labute approximate surface area is 183 Å². The van der Waals surface area contributed by atoms with Crippen LogP contribution in [0.15, 0.2) is 97.1 Å². The van der Waals surface area contributed by atoms with Crippen LogP contribution in [-0.2, 0) is 0 Å². The predicted octanol–water partition coefficient (Wildman–Crippen LogP) is 7.81. The third-order valence-corrected chi connectivity index (χ3v) is 6.90. The van der Waals surface area contributed by atoms with Crippen molar-refractivity contribution in [2.24, 2.45) is 0 Å².